The molecule has 0 aromatic carbocycles. The Labute approximate surface area is 60.9 Å². The number of hydrogen-bond donors (Lipinski definition) is 0. The average Bonchev–Trinajstić information content (AvgIpc) is 1.65. The fourth-order valence-corrected chi connectivity index (χ4v) is 1.71. The maximum atomic E-state index is 2.76. The van der Waals surface area contributed by atoms with Crippen molar-refractivity contribution < 1.29 is 0 Å². The fourth-order valence-electron chi connectivity index (χ4n) is 0.857. The first-order chi connectivity index (χ1) is 4.02. The molecule has 0 heterocycles. The highest BCUT2D eigenvalue weighted by Gasteiger charge is 2.13. The molecule has 0 aromatic rings. The Morgan fingerprint density at radius 3 is 1.89 bits per heavy atom. The van der Waals surface area contributed by atoms with E-state index < -0.39 is 0 Å². The van der Waals surface area contributed by atoms with Gasteiger partial charge in [-0.25, -0.2) is 0 Å². The number of allylic oxidation sites excluding steroid dienone is 2. The predicted molar refractivity (Wildman–Crippen MR) is 47.8 cm³/mol. The first kappa shape index (κ1) is 9.17. The van der Waals surface area contributed by atoms with Gasteiger partial charge < -0.3 is 0 Å². The quantitative estimate of drug-likeness (QED) is 0.392. The van der Waals surface area contributed by atoms with Gasteiger partial charge in [0.15, 0.2) is 0 Å². The molecule has 0 saturated carbocycles. The molecule has 0 amide bonds. The Morgan fingerprint density at radius 1 is 1.44 bits per heavy atom. The van der Waals surface area contributed by atoms with Crippen LogP contribution in [0.3, 0.4) is 0 Å². The van der Waals surface area contributed by atoms with E-state index in [1.807, 2.05) is 0 Å². The predicted octanol–water partition coefficient (Wildman–Crippen LogP) is 2.85. The second kappa shape index (κ2) is 3.37. The van der Waals surface area contributed by atoms with Gasteiger partial charge in [-0.15, -0.1) is 9.24 Å². The van der Waals surface area contributed by atoms with Gasteiger partial charge >= 0.3 is 0 Å². The van der Waals surface area contributed by atoms with E-state index in [9.17, 15) is 0 Å². The van der Waals surface area contributed by atoms with E-state index in [-0.39, 0.29) is 0 Å². The monoisotopic (exact) mass is 144 g/mol. The van der Waals surface area contributed by atoms with Crippen LogP contribution in [-0.4, -0.2) is 6.16 Å². The molecule has 0 saturated heterocycles. The molecule has 1 atom stereocenters. The number of hydrogen-bond acceptors (Lipinski definition) is 0. The van der Waals surface area contributed by atoms with Crippen molar-refractivity contribution in [2.75, 3.05) is 6.16 Å². The molecule has 9 heavy (non-hydrogen) atoms. The van der Waals surface area contributed by atoms with Crippen LogP contribution in [0.4, 0.5) is 0 Å². The van der Waals surface area contributed by atoms with Gasteiger partial charge in [-0.3, -0.25) is 0 Å². The van der Waals surface area contributed by atoms with Crippen LogP contribution < -0.4 is 0 Å². The molecule has 0 aliphatic carbocycles. The van der Waals surface area contributed by atoms with Crippen molar-refractivity contribution in [3.8, 4) is 0 Å². The molecule has 0 aliphatic heterocycles. The van der Waals surface area contributed by atoms with E-state index in [2.05, 4.69) is 43.0 Å². The highest BCUT2D eigenvalue weighted by Crippen LogP contribution is 2.25. The summed E-state index contributed by atoms with van der Waals surface area (Å²) >= 11 is 0. The summed E-state index contributed by atoms with van der Waals surface area (Å²) in [6.07, 6.45) is 3.30. The Morgan fingerprint density at radius 2 is 1.89 bits per heavy atom. The average molecular weight is 144 g/mol. The lowest BCUT2D eigenvalue weighted by molar-refractivity contribution is 0.505. The zero-order valence-corrected chi connectivity index (χ0v) is 8.02. The summed E-state index contributed by atoms with van der Waals surface area (Å²) in [5.41, 5.74) is 1.86. The molecule has 0 spiro atoms. The van der Waals surface area contributed by atoms with E-state index in [1.54, 1.807) is 0 Å². The molecule has 0 fully saturated rings. The molecule has 0 N–H and O–H groups in total. The summed E-state index contributed by atoms with van der Waals surface area (Å²) in [6.45, 7) is 8.83. The summed E-state index contributed by atoms with van der Waals surface area (Å²) in [5.74, 6) is 0. The van der Waals surface area contributed by atoms with Gasteiger partial charge in [0.05, 0.1) is 0 Å². The van der Waals surface area contributed by atoms with Crippen LogP contribution in [0, 0.1) is 5.41 Å². The molecular weight excluding hydrogens is 127 g/mol. The smallest absolute Gasteiger partial charge is 0.0165 e. The largest absolute Gasteiger partial charge is 0.133 e. The van der Waals surface area contributed by atoms with Crippen LogP contribution in [0.15, 0.2) is 11.6 Å². The zero-order chi connectivity index (χ0) is 7.49. The van der Waals surface area contributed by atoms with Crippen molar-refractivity contribution in [1.82, 2.24) is 0 Å². The molecule has 0 nitrogen and oxygen atoms in total. The maximum absolute atomic E-state index is 2.76. The lowest BCUT2D eigenvalue weighted by Gasteiger charge is -2.21. The Bertz CT molecular complexity index is 106. The Kier molecular flexibility index (Phi) is 3.43. The Balaban J connectivity index is 4.14. The van der Waals surface area contributed by atoms with Gasteiger partial charge in [0.25, 0.3) is 0 Å². The highest BCUT2D eigenvalue weighted by atomic mass is 31.0. The van der Waals surface area contributed by atoms with Crippen molar-refractivity contribution in [2.24, 2.45) is 5.41 Å². The van der Waals surface area contributed by atoms with Crippen LogP contribution in [0.1, 0.15) is 27.7 Å². The topological polar surface area (TPSA) is 0 Å². The van der Waals surface area contributed by atoms with Crippen molar-refractivity contribution in [3.05, 3.63) is 11.6 Å². The van der Waals surface area contributed by atoms with E-state index in [0.29, 0.717) is 5.41 Å². The minimum Gasteiger partial charge on any atom is -0.133 e. The Hall–Kier alpha value is 0.170. The second-order valence-electron chi connectivity index (χ2n) is 3.27. The normalized spacial score (nSPS) is 14.1. The lowest BCUT2D eigenvalue weighted by atomic mass is 9.87. The van der Waals surface area contributed by atoms with Crippen LogP contribution in [0.2, 0.25) is 0 Å². The van der Waals surface area contributed by atoms with Crippen LogP contribution >= 0.6 is 9.24 Å². The summed E-state index contributed by atoms with van der Waals surface area (Å²) in [4.78, 5) is 0. The van der Waals surface area contributed by atoms with Crippen LogP contribution in [-0.2, 0) is 0 Å². The minimum absolute atomic E-state index is 0.358. The van der Waals surface area contributed by atoms with Gasteiger partial charge in [0.2, 0.25) is 0 Å². The fraction of sp³-hybridized carbons (Fsp3) is 0.750. The van der Waals surface area contributed by atoms with Crippen LogP contribution in [0.25, 0.3) is 0 Å². The second-order valence-corrected chi connectivity index (χ2v) is 3.68. The van der Waals surface area contributed by atoms with Crippen molar-refractivity contribution in [3.63, 3.8) is 0 Å². The zero-order valence-electron chi connectivity index (χ0n) is 6.86. The molecule has 1 unspecified atom stereocenters. The third kappa shape index (κ3) is 3.01. The van der Waals surface area contributed by atoms with E-state index in [0.717, 1.165) is 6.16 Å². The third-order valence-corrected chi connectivity index (χ3v) is 1.97. The molecule has 0 aromatic heterocycles. The molecule has 0 aliphatic rings. The first-order valence-corrected chi connectivity index (χ1v) is 4.19. The molecule has 54 valence electrons. The summed E-state index contributed by atoms with van der Waals surface area (Å²) in [5, 5.41) is 0. The summed E-state index contributed by atoms with van der Waals surface area (Å²) in [7, 11) is 2.76. The summed E-state index contributed by atoms with van der Waals surface area (Å²) < 4.78 is 0. The SMILES string of the molecule is CC=C(CP)C(C)(C)C. The molecular formula is C8H17P. The van der Waals surface area contributed by atoms with Gasteiger partial charge in [-0.05, 0) is 18.5 Å². The third-order valence-electron chi connectivity index (χ3n) is 1.53. The van der Waals surface area contributed by atoms with E-state index in [4.69, 9.17) is 0 Å². The van der Waals surface area contributed by atoms with Gasteiger partial charge in [0, 0.05) is 0 Å². The number of rotatable bonds is 1. The van der Waals surface area contributed by atoms with E-state index in [1.165, 1.54) is 5.57 Å². The van der Waals surface area contributed by atoms with Crippen molar-refractivity contribution in [1.29, 1.82) is 0 Å². The maximum Gasteiger partial charge on any atom is -0.0165 e. The van der Waals surface area contributed by atoms with Gasteiger partial charge in [-0.2, -0.15) is 0 Å². The minimum atomic E-state index is 0.358. The van der Waals surface area contributed by atoms with Crippen molar-refractivity contribution in [2.45, 2.75) is 27.7 Å². The highest BCUT2D eigenvalue weighted by molar-refractivity contribution is 7.16. The van der Waals surface area contributed by atoms with Gasteiger partial charge in [-0.1, -0.05) is 32.4 Å². The molecule has 0 radical (unpaired) electrons. The van der Waals surface area contributed by atoms with E-state index >= 15 is 0 Å². The molecule has 0 rings (SSSR count). The van der Waals surface area contributed by atoms with Gasteiger partial charge in [0.1, 0.15) is 0 Å². The molecule has 0 bridgehead atoms. The standard InChI is InChI=1S/C8H17P/c1-5-7(6-9)8(2,3)4/h5H,6,9H2,1-4H3. The summed E-state index contributed by atoms with van der Waals surface area (Å²) in [6, 6.07) is 0. The van der Waals surface area contributed by atoms with Crippen LogP contribution in [0.5, 0.6) is 0 Å². The molecule has 1 heteroatoms. The first-order valence-electron chi connectivity index (χ1n) is 3.38. The van der Waals surface area contributed by atoms with Crippen molar-refractivity contribution >= 4 is 9.24 Å². The lowest BCUT2D eigenvalue weighted by Crippen LogP contribution is -2.09.